The molecule has 1 aromatic rings. The highest BCUT2D eigenvalue weighted by Crippen LogP contribution is 2.29. The summed E-state index contributed by atoms with van der Waals surface area (Å²) in [7, 11) is 1.23. The van der Waals surface area contributed by atoms with Crippen LogP contribution in [0.5, 0.6) is 0 Å². The highest BCUT2D eigenvalue weighted by atomic mass is 19.1. The fourth-order valence-corrected chi connectivity index (χ4v) is 1.68. The molecule has 0 aliphatic carbocycles. The summed E-state index contributed by atoms with van der Waals surface area (Å²) in [5.74, 6) is -1.13. The van der Waals surface area contributed by atoms with E-state index in [1.165, 1.54) is 12.0 Å². The van der Waals surface area contributed by atoms with Crippen LogP contribution in [0.25, 0.3) is 0 Å². The molecule has 1 rings (SSSR count). The van der Waals surface area contributed by atoms with Crippen LogP contribution in [0.2, 0.25) is 0 Å². The number of carbonyl (C=O) groups is 1. The van der Waals surface area contributed by atoms with E-state index in [2.05, 4.69) is 4.74 Å². The van der Waals surface area contributed by atoms with E-state index >= 15 is 0 Å². The summed E-state index contributed by atoms with van der Waals surface area (Å²) < 4.78 is 17.8. The Morgan fingerprint density at radius 3 is 2.74 bits per heavy atom. The van der Waals surface area contributed by atoms with Crippen LogP contribution >= 0.6 is 0 Å². The largest absolute Gasteiger partial charge is 0.468 e. The first-order valence-corrected chi connectivity index (χ1v) is 5.75. The second kappa shape index (κ2) is 6.67. The van der Waals surface area contributed by atoms with Crippen LogP contribution in [0.4, 0.5) is 15.8 Å². The molecule has 7 heteroatoms. The van der Waals surface area contributed by atoms with Gasteiger partial charge in [-0.1, -0.05) is 6.92 Å². The van der Waals surface area contributed by atoms with E-state index in [-0.39, 0.29) is 17.9 Å². The monoisotopic (exact) mass is 270 g/mol. The van der Waals surface area contributed by atoms with Gasteiger partial charge in [0.05, 0.1) is 12.0 Å². The Hall–Kier alpha value is -2.18. The third-order valence-corrected chi connectivity index (χ3v) is 2.52. The molecule has 0 fully saturated rings. The number of nitro benzene ring substituents is 1. The van der Waals surface area contributed by atoms with Gasteiger partial charge in [-0.25, -0.2) is 4.39 Å². The van der Waals surface area contributed by atoms with E-state index in [1.807, 2.05) is 6.92 Å². The Kier molecular flexibility index (Phi) is 5.23. The fraction of sp³-hybridized carbons (Fsp3) is 0.417. The zero-order valence-electron chi connectivity index (χ0n) is 10.8. The standard InChI is InChI=1S/C12H15FN2O4/c1-3-6-14(8-12(16)19-2)11-7-9(13)4-5-10(11)15(17)18/h4-5,7H,3,6,8H2,1-2H3. The third-order valence-electron chi connectivity index (χ3n) is 2.52. The van der Waals surface area contributed by atoms with Crippen LogP contribution in [0.3, 0.4) is 0 Å². The lowest BCUT2D eigenvalue weighted by atomic mass is 10.2. The molecular weight excluding hydrogens is 255 g/mol. The molecule has 0 radical (unpaired) electrons. The number of rotatable bonds is 6. The molecule has 0 N–H and O–H groups in total. The Balaban J connectivity index is 3.16. The van der Waals surface area contributed by atoms with Crippen LogP contribution in [0.1, 0.15) is 13.3 Å². The maximum Gasteiger partial charge on any atom is 0.325 e. The van der Waals surface area contributed by atoms with Gasteiger partial charge in [0.15, 0.2) is 0 Å². The lowest BCUT2D eigenvalue weighted by molar-refractivity contribution is -0.384. The predicted molar refractivity (Wildman–Crippen MR) is 67.6 cm³/mol. The number of hydrogen-bond donors (Lipinski definition) is 0. The molecule has 0 unspecified atom stereocenters. The Morgan fingerprint density at radius 2 is 2.21 bits per heavy atom. The second-order valence-corrected chi connectivity index (χ2v) is 3.89. The van der Waals surface area contributed by atoms with Crippen LogP contribution in [-0.2, 0) is 9.53 Å². The van der Waals surface area contributed by atoms with Crippen molar-refractivity contribution in [3.63, 3.8) is 0 Å². The van der Waals surface area contributed by atoms with Crippen molar-refractivity contribution in [1.29, 1.82) is 0 Å². The molecular formula is C12H15FN2O4. The molecule has 0 amide bonds. The van der Waals surface area contributed by atoms with Crippen LogP contribution in [0, 0.1) is 15.9 Å². The van der Waals surface area contributed by atoms with Crippen molar-refractivity contribution in [3.05, 3.63) is 34.1 Å². The topological polar surface area (TPSA) is 72.7 Å². The number of methoxy groups -OCH3 is 1. The van der Waals surface area contributed by atoms with Gasteiger partial charge in [-0.05, 0) is 12.5 Å². The van der Waals surface area contributed by atoms with Crippen molar-refractivity contribution < 1.29 is 18.8 Å². The number of anilines is 1. The highest BCUT2D eigenvalue weighted by molar-refractivity contribution is 5.77. The second-order valence-electron chi connectivity index (χ2n) is 3.89. The van der Waals surface area contributed by atoms with E-state index < -0.39 is 16.7 Å². The average molecular weight is 270 g/mol. The van der Waals surface area contributed by atoms with Gasteiger partial charge in [-0.15, -0.1) is 0 Å². The first-order valence-electron chi connectivity index (χ1n) is 5.75. The van der Waals surface area contributed by atoms with Gasteiger partial charge in [0.1, 0.15) is 18.0 Å². The predicted octanol–water partition coefficient (Wildman–Crippen LogP) is 2.12. The number of ether oxygens (including phenoxy) is 1. The summed E-state index contributed by atoms with van der Waals surface area (Å²) in [6.45, 7) is 2.09. The molecule has 0 aliphatic heterocycles. The molecule has 0 saturated carbocycles. The molecule has 0 aromatic heterocycles. The number of hydrogen-bond acceptors (Lipinski definition) is 5. The zero-order valence-corrected chi connectivity index (χ0v) is 10.8. The third kappa shape index (κ3) is 3.90. The number of benzene rings is 1. The SMILES string of the molecule is CCCN(CC(=O)OC)c1cc(F)ccc1[N+](=O)[O-]. The minimum absolute atomic E-state index is 0.0808. The highest BCUT2D eigenvalue weighted by Gasteiger charge is 2.21. The van der Waals surface area contributed by atoms with E-state index in [4.69, 9.17) is 0 Å². The van der Waals surface area contributed by atoms with Crippen molar-refractivity contribution in [2.45, 2.75) is 13.3 Å². The van der Waals surface area contributed by atoms with Crippen LogP contribution in [0.15, 0.2) is 18.2 Å². The lowest BCUT2D eigenvalue weighted by Gasteiger charge is -2.22. The van der Waals surface area contributed by atoms with Gasteiger partial charge in [-0.2, -0.15) is 0 Å². The molecule has 0 aliphatic rings. The molecule has 0 atom stereocenters. The Labute approximate surface area is 109 Å². The van der Waals surface area contributed by atoms with Crippen molar-refractivity contribution >= 4 is 17.3 Å². The van der Waals surface area contributed by atoms with Crippen molar-refractivity contribution in [2.24, 2.45) is 0 Å². The first kappa shape index (κ1) is 14.9. The van der Waals surface area contributed by atoms with Crippen molar-refractivity contribution in [2.75, 3.05) is 25.1 Å². The quantitative estimate of drug-likeness (QED) is 0.450. The summed E-state index contributed by atoms with van der Waals surface area (Å²) in [6, 6.07) is 3.16. The van der Waals surface area contributed by atoms with Crippen molar-refractivity contribution in [3.8, 4) is 0 Å². The maximum atomic E-state index is 13.3. The fourth-order valence-electron chi connectivity index (χ4n) is 1.68. The molecule has 19 heavy (non-hydrogen) atoms. The number of halogens is 1. The molecule has 0 saturated heterocycles. The maximum absolute atomic E-state index is 13.3. The van der Waals surface area contributed by atoms with Gasteiger partial charge >= 0.3 is 5.97 Å². The Morgan fingerprint density at radius 1 is 1.53 bits per heavy atom. The zero-order chi connectivity index (χ0) is 14.4. The van der Waals surface area contributed by atoms with Gasteiger partial charge < -0.3 is 9.64 Å². The summed E-state index contributed by atoms with van der Waals surface area (Å²) in [6.07, 6.45) is 0.657. The minimum atomic E-state index is -0.602. The van der Waals surface area contributed by atoms with Gasteiger partial charge in [0, 0.05) is 18.7 Å². The van der Waals surface area contributed by atoms with Crippen molar-refractivity contribution in [1.82, 2.24) is 0 Å². The van der Waals surface area contributed by atoms with Gasteiger partial charge in [0.2, 0.25) is 0 Å². The Bertz CT molecular complexity index is 479. The molecule has 6 nitrogen and oxygen atoms in total. The van der Waals surface area contributed by atoms with Crippen LogP contribution in [-0.4, -0.2) is 31.1 Å². The lowest BCUT2D eigenvalue weighted by Crippen LogP contribution is -2.31. The average Bonchev–Trinajstić information content (AvgIpc) is 2.37. The van der Waals surface area contributed by atoms with E-state index in [0.717, 1.165) is 18.2 Å². The molecule has 0 bridgehead atoms. The normalized spacial score (nSPS) is 10.1. The molecule has 104 valence electrons. The van der Waals surface area contributed by atoms with Gasteiger partial charge in [0.25, 0.3) is 5.69 Å². The van der Waals surface area contributed by atoms with Crippen LogP contribution < -0.4 is 4.90 Å². The summed E-state index contributed by atoms with van der Waals surface area (Å²) in [5, 5.41) is 10.9. The minimum Gasteiger partial charge on any atom is -0.468 e. The van der Waals surface area contributed by atoms with E-state index in [0.29, 0.717) is 13.0 Å². The number of carbonyl (C=O) groups excluding carboxylic acids is 1. The summed E-state index contributed by atoms with van der Waals surface area (Å²) in [5.41, 5.74) is -0.156. The number of nitro groups is 1. The molecule has 1 aromatic carbocycles. The van der Waals surface area contributed by atoms with Gasteiger partial charge in [-0.3, -0.25) is 14.9 Å². The summed E-state index contributed by atoms with van der Waals surface area (Å²) >= 11 is 0. The summed E-state index contributed by atoms with van der Waals surface area (Å²) in [4.78, 5) is 23.1. The number of nitrogens with zero attached hydrogens (tertiary/aromatic N) is 2. The number of esters is 1. The molecule has 0 heterocycles. The van der Waals surface area contributed by atoms with E-state index in [1.54, 1.807) is 0 Å². The molecule has 0 spiro atoms. The van der Waals surface area contributed by atoms with E-state index in [9.17, 15) is 19.3 Å². The first-order chi connectivity index (χ1) is 8.99. The smallest absolute Gasteiger partial charge is 0.325 e.